The van der Waals surface area contributed by atoms with Crippen molar-refractivity contribution in [2.24, 2.45) is 0 Å². The van der Waals surface area contributed by atoms with E-state index >= 15 is 0 Å². The van der Waals surface area contributed by atoms with E-state index in [0.717, 1.165) is 78.6 Å². The van der Waals surface area contributed by atoms with Crippen molar-refractivity contribution < 1.29 is 26.0 Å². The zero-order valence-electron chi connectivity index (χ0n) is 28.9. The summed E-state index contributed by atoms with van der Waals surface area (Å²) in [6, 6.07) is 70.2. The van der Waals surface area contributed by atoms with Gasteiger partial charge in [0.2, 0.25) is 0 Å². The first kappa shape index (κ1) is 33.4. The fraction of sp³-hybridized carbons (Fsp3) is 0. The molecule has 1 N–H and O–H groups in total. The van der Waals surface area contributed by atoms with Crippen LogP contribution in [0.5, 0.6) is 0 Å². The number of pyridine rings is 1. The van der Waals surface area contributed by atoms with Crippen LogP contribution < -0.4 is 15.0 Å². The van der Waals surface area contributed by atoms with Gasteiger partial charge in [-0.2, -0.15) is 17.1 Å². The molecular weight excluding hydrogens is 846 g/mol. The molecule has 1 aliphatic heterocycles. The Morgan fingerprint density at radius 3 is 1.98 bits per heavy atom. The van der Waals surface area contributed by atoms with E-state index in [0.29, 0.717) is 0 Å². The molecule has 0 amide bonds. The molecule has 2 aromatic heterocycles. The van der Waals surface area contributed by atoms with Crippen molar-refractivity contribution in [2.45, 2.75) is 0 Å². The van der Waals surface area contributed by atoms with Crippen LogP contribution in [0, 0.1) is 12.1 Å². The summed E-state index contributed by atoms with van der Waals surface area (Å²) in [6.45, 7) is 0. The van der Waals surface area contributed by atoms with Gasteiger partial charge >= 0.3 is 0 Å². The molecule has 7 heteroatoms. The molecule has 0 unspecified atom stereocenters. The summed E-state index contributed by atoms with van der Waals surface area (Å²) < 4.78 is 2.22. The number of benzene rings is 7. The molecule has 0 bridgehead atoms. The van der Waals surface area contributed by atoms with Crippen molar-refractivity contribution in [1.82, 2.24) is 9.55 Å². The third kappa shape index (κ3) is 5.82. The normalized spacial score (nSPS) is 12.1. The quantitative estimate of drug-likeness (QED) is 0.118. The Balaban J connectivity index is 0.00000384. The number of fused-ring (bicyclic) bond motifs is 4. The average Bonchev–Trinajstić information content (AvgIpc) is 3.79. The van der Waals surface area contributed by atoms with Crippen molar-refractivity contribution >= 4 is 61.6 Å². The van der Waals surface area contributed by atoms with E-state index in [4.69, 9.17) is 9.92 Å². The van der Waals surface area contributed by atoms with Crippen molar-refractivity contribution in [3.8, 4) is 16.9 Å². The van der Waals surface area contributed by atoms with E-state index in [2.05, 4.69) is 161 Å². The first-order chi connectivity index (χ1) is 26.3. The molecule has 262 valence electrons. The molecule has 0 radical (unpaired) electrons. The fourth-order valence-electron chi connectivity index (χ4n) is 7.23. The number of aromatic nitrogens is 2. The van der Waals surface area contributed by atoms with Crippen LogP contribution in [0.1, 0.15) is 0 Å². The largest absolute Gasteiger partial charge is 0.358 e. The van der Waals surface area contributed by atoms with Crippen LogP contribution in [0.3, 0.4) is 0 Å². The van der Waals surface area contributed by atoms with Gasteiger partial charge in [-0.05, 0) is 71.1 Å². The van der Waals surface area contributed by atoms with Crippen LogP contribution in [-0.4, -0.2) is 14.5 Å². The number of anilines is 7. The number of hydrogen-bond acceptors (Lipinski definition) is 4. The van der Waals surface area contributed by atoms with Crippen molar-refractivity contribution in [3.05, 3.63) is 200 Å². The van der Waals surface area contributed by atoms with E-state index in [9.17, 15) is 0 Å². The zero-order valence-corrected chi connectivity index (χ0v) is 31.2. The molecule has 9 aromatic rings. The Morgan fingerprint density at radius 2 is 1.19 bits per heavy atom. The maximum atomic E-state index is 5.08. The molecule has 7 aromatic carbocycles. The van der Waals surface area contributed by atoms with Gasteiger partial charge in [0.25, 0.3) is 0 Å². The molecule has 10 rings (SSSR count). The number of para-hydroxylation sites is 5. The Labute approximate surface area is 327 Å². The third-order valence-corrected chi connectivity index (χ3v) is 9.66. The van der Waals surface area contributed by atoms with Gasteiger partial charge in [0.1, 0.15) is 22.9 Å². The Kier molecular flexibility index (Phi) is 8.76. The van der Waals surface area contributed by atoms with Crippen molar-refractivity contribution in [2.75, 3.05) is 15.0 Å². The van der Waals surface area contributed by atoms with Gasteiger partial charge < -0.3 is 9.47 Å². The van der Waals surface area contributed by atoms with Crippen molar-refractivity contribution in [3.63, 3.8) is 0 Å². The third-order valence-electron chi connectivity index (χ3n) is 9.66. The molecule has 1 aliphatic rings. The molecule has 0 fully saturated rings. The maximum absolute atomic E-state index is 5.08. The van der Waals surface area contributed by atoms with Gasteiger partial charge in [0, 0.05) is 44.2 Å². The zero-order chi connectivity index (χ0) is 35.1. The summed E-state index contributed by atoms with van der Waals surface area (Å²) in [7, 11) is 0. The molecule has 54 heavy (non-hydrogen) atoms. The minimum Gasteiger partial charge on any atom is -0.358 e. The van der Waals surface area contributed by atoms with Crippen LogP contribution in [0.4, 0.5) is 39.8 Å². The predicted molar refractivity (Wildman–Crippen MR) is 215 cm³/mol. The van der Waals surface area contributed by atoms with E-state index in [-0.39, 0.29) is 21.1 Å². The fourth-order valence-corrected chi connectivity index (χ4v) is 7.23. The van der Waals surface area contributed by atoms with E-state index < -0.39 is 0 Å². The van der Waals surface area contributed by atoms with Crippen LogP contribution >= 0.6 is 0 Å². The molecule has 6 nitrogen and oxygen atoms in total. The first-order valence-electron chi connectivity index (χ1n) is 17.6. The smallest absolute Gasteiger partial charge is 0.148 e. The number of rotatable bonds is 7. The van der Waals surface area contributed by atoms with Gasteiger partial charge in [0.05, 0.1) is 0 Å². The topological polar surface area (TPSA) is 40.3 Å². The number of nitrogens with zero attached hydrogens (tertiary/aromatic N) is 5. The Morgan fingerprint density at radius 1 is 0.519 bits per heavy atom. The molecule has 0 atom stereocenters. The molecular formula is C47H32N5OPt-. The summed E-state index contributed by atoms with van der Waals surface area (Å²) in [6.07, 6.45) is 1.89. The van der Waals surface area contributed by atoms with Crippen LogP contribution in [0.25, 0.3) is 38.8 Å². The van der Waals surface area contributed by atoms with Crippen LogP contribution in [0.15, 0.2) is 188 Å². The first-order valence-corrected chi connectivity index (χ1v) is 17.6. The Bertz CT molecular complexity index is 2740. The summed E-state index contributed by atoms with van der Waals surface area (Å²) in [5.41, 5.74) is 10.8. The second-order valence-electron chi connectivity index (χ2n) is 12.9. The summed E-state index contributed by atoms with van der Waals surface area (Å²) in [4.78, 5) is 12.2. The molecule has 0 saturated carbocycles. The van der Waals surface area contributed by atoms with Crippen LogP contribution in [0.2, 0.25) is 0 Å². The molecule has 0 saturated heterocycles. The van der Waals surface area contributed by atoms with Crippen molar-refractivity contribution in [1.29, 1.82) is 0 Å². The minimum atomic E-state index is 0. The predicted octanol–water partition coefficient (Wildman–Crippen LogP) is 12.0. The van der Waals surface area contributed by atoms with Gasteiger partial charge in [-0.25, -0.2) is 4.98 Å². The van der Waals surface area contributed by atoms with Gasteiger partial charge in [-0.15, -0.1) is 40.8 Å². The standard InChI is InChI=1S/C47H31N5O.Pt/c1-4-15-34(16-5-1)35-29-30-48-47(31-35)50-43-24-11-10-23-41(43)42-28-27-39(33-46(42)50)49(36-17-6-2-7-18-36)38-21-14-22-40(32-38)52-45-26-13-12-25-44(45)51(53-52)37-19-8-3-9-20-37;/h1-31H;/q-2;/p+1. The van der Waals surface area contributed by atoms with Crippen LogP contribution in [-0.2, 0) is 21.1 Å². The van der Waals surface area contributed by atoms with E-state index in [1.807, 2.05) is 58.8 Å². The summed E-state index contributed by atoms with van der Waals surface area (Å²) >= 11 is 0. The Hall–Kier alpha value is -6.46. The second-order valence-corrected chi connectivity index (χ2v) is 12.9. The second kappa shape index (κ2) is 14.2. The summed E-state index contributed by atoms with van der Waals surface area (Å²) in [5.74, 6) is 0.836. The maximum Gasteiger partial charge on any atom is 0.148 e. The van der Waals surface area contributed by atoms with E-state index in [1.54, 1.807) is 0 Å². The average molecular weight is 878 g/mol. The minimum absolute atomic E-state index is 0. The summed E-state index contributed by atoms with van der Waals surface area (Å²) in [5, 5.41) is 6.20. The number of hydrogen-bond donors (Lipinski definition) is 0. The van der Waals surface area contributed by atoms with E-state index in [1.165, 1.54) is 0 Å². The van der Waals surface area contributed by atoms with Gasteiger partial charge in [-0.1, -0.05) is 119 Å². The van der Waals surface area contributed by atoms with Gasteiger partial charge in [-0.3, -0.25) is 0 Å². The SMILES string of the molecule is [Pt].[c-]1c(N2[OH+]N(c3ccccc3)c3ccccc32)cccc1N(c1[c-]c2c(cc1)c1ccccc1n2-c1cc(-c2ccccc2)ccn1)c1ccccc1. The molecule has 3 heterocycles. The molecule has 0 aliphatic carbocycles. The van der Waals surface area contributed by atoms with Gasteiger partial charge in [0.15, 0.2) is 0 Å². The monoisotopic (exact) mass is 877 g/mol. The molecule has 0 spiro atoms.